The van der Waals surface area contributed by atoms with E-state index in [1.165, 1.54) is 17.7 Å². The van der Waals surface area contributed by atoms with Gasteiger partial charge >= 0.3 is 0 Å². The quantitative estimate of drug-likeness (QED) is 0.887. The molecule has 3 rings (SSSR count). The summed E-state index contributed by atoms with van der Waals surface area (Å²) >= 11 is 1.61. The second-order valence-corrected chi connectivity index (χ2v) is 7.42. The van der Waals surface area contributed by atoms with Crippen LogP contribution in [0.15, 0.2) is 4.79 Å². The molecule has 2 aromatic heterocycles. The van der Waals surface area contributed by atoms with Crippen LogP contribution in [0.1, 0.15) is 42.1 Å². The van der Waals surface area contributed by atoms with Crippen molar-refractivity contribution in [2.45, 2.75) is 45.7 Å². The summed E-state index contributed by atoms with van der Waals surface area (Å²) in [6, 6.07) is 0.661. The van der Waals surface area contributed by atoms with Crippen LogP contribution in [0, 0.1) is 13.8 Å². The van der Waals surface area contributed by atoms with E-state index in [0.717, 1.165) is 34.7 Å². The molecule has 1 fully saturated rings. The molecule has 0 bridgehead atoms. The highest BCUT2D eigenvalue weighted by Gasteiger charge is 2.25. The number of thiophene rings is 1. The molecule has 0 saturated carbocycles. The molecule has 1 saturated heterocycles. The minimum absolute atomic E-state index is 0. The number of nitrogens with one attached hydrogen (secondary N) is 2. The van der Waals surface area contributed by atoms with Crippen molar-refractivity contribution >= 4 is 34.0 Å². The average molecular weight is 357 g/mol. The summed E-state index contributed by atoms with van der Waals surface area (Å²) in [6.45, 7) is 8.24. The Kier molecular flexibility index (Phi) is 5.84. The molecule has 3 heterocycles. The van der Waals surface area contributed by atoms with Gasteiger partial charge in [0, 0.05) is 17.5 Å². The Hall–Kier alpha value is -0.950. The maximum atomic E-state index is 12.4. The highest BCUT2D eigenvalue weighted by Crippen LogP contribution is 2.28. The molecule has 0 radical (unpaired) electrons. The van der Waals surface area contributed by atoms with E-state index in [4.69, 9.17) is 4.98 Å². The van der Waals surface area contributed by atoms with E-state index in [1.54, 1.807) is 11.3 Å². The van der Waals surface area contributed by atoms with E-state index >= 15 is 0 Å². The normalized spacial score (nSPS) is 20.4. The van der Waals surface area contributed by atoms with Gasteiger partial charge in [0.05, 0.1) is 11.4 Å². The van der Waals surface area contributed by atoms with Crippen LogP contribution >= 0.6 is 23.7 Å². The summed E-state index contributed by atoms with van der Waals surface area (Å²) < 4.78 is 0. The lowest BCUT2D eigenvalue weighted by Crippen LogP contribution is -2.45. The Morgan fingerprint density at radius 3 is 2.87 bits per heavy atom. The Morgan fingerprint density at radius 2 is 2.17 bits per heavy atom. The minimum atomic E-state index is -0.00382. The first-order chi connectivity index (χ1) is 10.5. The number of aromatic nitrogens is 2. The fraction of sp³-hybridized carbons (Fsp3) is 0.625. The molecule has 23 heavy (non-hydrogen) atoms. The van der Waals surface area contributed by atoms with Crippen molar-refractivity contribution < 1.29 is 0 Å². The second kappa shape index (κ2) is 7.30. The number of likely N-dealkylation sites (N-methyl/N-ethyl adjacent to an activating group) is 1. The molecule has 0 aliphatic carbocycles. The largest absolute Gasteiger partial charge is 0.316 e. The van der Waals surface area contributed by atoms with Crippen LogP contribution in [-0.4, -0.2) is 41.0 Å². The van der Waals surface area contributed by atoms with Gasteiger partial charge in [0.2, 0.25) is 0 Å². The predicted octanol–water partition coefficient (Wildman–Crippen LogP) is 2.77. The van der Waals surface area contributed by atoms with Gasteiger partial charge in [-0.15, -0.1) is 23.7 Å². The number of piperidine rings is 1. The third kappa shape index (κ3) is 3.45. The molecule has 1 aliphatic rings. The lowest BCUT2D eigenvalue weighted by atomic mass is 10.0. The van der Waals surface area contributed by atoms with Gasteiger partial charge in [0.15, 0.2) is 0 Å². The summed E-state index contributed by atoms with van der Waals surface area (Å²) in [5.74, 6) is 0.788. The number of rotatable bonds is 3. The number of halogens is 1. The van der Waals surface area contributed by atoms with E-state index in [2.05, 4.69) is 22.1 Å². The number of H-pyrrole nitrogens is 1. The Balaban J connectivity index is 0.00000192. The molecule has 2 N–H and O–H groups in total. The molecule has 0 aromatic carbocycles. The van der Waals surface area contributed by atoms with E-state index in [9.17, 15) is 4.79 Å². The predicted molar refractivity (Wildman–Crippen MR) is 99.0 cm³/mol. The van der Waals surface area contributed by atoms with Gasteiger partial charge in [-0.1, -0.05) is 0 Å². The van der Waals surface area contributed by atoms with Gasteiger partial charge in [-0.3, -0.25) is 9.69 Å². The van der Waals surface area contributed by atoms with Gasteiger partial charge in [-0.05, 0) is 52.8 Å². The number of fused-ring (bicyclic) bond motifs is 1. The molecule has 1 aliphatic heterocycles. The molecule has 2 unspecified atom stereocenters. The van der Waals surface area contributed by atoms with Gasteiger partial charge in [0.25, 0.3) is 5.56 Å². The standard InChI is InChI=1S/C16H24N4OS.ClH/c1-9-11(3)22-16-13(9)15(21)18-14(19-16)10(2)20-7-5-6-12(8-20)17-4;/h10,12,17H,5-8H2,1-4H3,(H,18,19,21);1H. The fourth-order valence-corrected chi connectivity index (χ4v) is 4.27. The molecule has 0 spiro atoms. The zero-order valence-corrected chi connectivity index (χ0v) is 15.7. The summed E-state index contributed by atoms with van der Waals surface area (Å²) in [7, 11) is 2.02. The van der Waals surface area contributed by atoms with Crippen LogP contribution in [0.5, 0.6) is 0 Å². The smallest absolute Gasteiger partial charge is 0.259 e. The molecular weight excluding hydrogens is 332 g/mol. The van der Waals surface area contributed by atoms with Crippen molar-refractivity contribution in [2.75, 3.05) is 20.1 Å². The van der Waals surface area contributed by atoms with Crippen molar-refractivity contribution in [2.24, 2.45) is 0 Å². The third-order valence-electron chi connectivity index (χ3n) is 4.86. The second-order valence-electron chi connectivity index (χ2n) is 6.21. The summed E-state index contributed by atoms with van der Waals surface area (Å²) in [6.07, 6.45) is 2.39. The van der Waals surface area contributed by atoms with Crippen molar-refractivity contribution in [1.82, 2.24) is 20.2 Å². The topological polar surface area (TPSA) is 61.0 Å². The highest BCUT2D eigenvalue weighted by molar-refractivity contribution is 7.18. The van der Waals surface area contributed by atoms with Crippen molar-refractivity contribution in [3.63, 3.8) is 0 Å². The van der Waals surface area contributed by atoms with Crippen LogP contribution in [-0.2, 0) is 0 Å². The molecular formula is C16H25ClN4OS. The van der Waals surface area contributed by atoms with Crippen LogP contribution in [0.2, 0.25) is 0 Å². The number of nitrogens with zero attached hydrogens (tertiary/aromatic N) is 2. The summed E-state index contributed by atoms with van der Waals surface area (Å²) in [5, 5.41) is 4.11. The first-order valence-corrected chi connectivity index (χ1v) is 8.74. The van der Waals surface area contributed by atoms with Gasteiger partial charge in [0.1, 0.15) is 10.7 Å². The number of aromatic amines is 1. The maximum absolute atomic E-state index is 12.4. The van der Waals surface area contributed by atoms with Gasteiger partial charge in [-0.25, -0.2) is 4.98 Å². The third-order valence-corrected chi connectivity index (χ3v) is 5.96. The Labute approximate surface area is 146 Å². The van der Waals surface area contributed by atoms with Crippen LogP contribution < -0.4 is 10.9 Å². The first-order valence-electron chi connectivity index (χ1n) is 7.92. The first kappa shape index (κ1) is 18.4. The minimum Gasteiger partial charge on any atom is -0.316 e. The van der Waals surface area contributed by atoms with Gasteiger partial charge in [-0.2, -0.15) is 0 Å². The molecule has 128 valence electrons. The number of hydrogen-bond donors (Lipinski definition) is 2. The molecule has 0 amide bonds. The zero-order valence-electron chi connectivity index (χ0n) is 14.1. The van der Waals surface area contributed by atoms with E-state index < -0.39 is 0 Å². The fourth-order valence-electron chi connectivity index (χ4n) is 3.24. The van der Waals surface area contributed by atoms with Gasteiger partial charge < -0.3 is 10.3 Å². The van der Waals surface area contributed by atoms with E-state index in [1.807, 2.05) is 20.9 Å². The lowest BCUT2D eigenvalue weighted by Gasteiger charge is -2.36. The van der Waals surface area contributed by atoms with Crippen molar-refractivity contribution in [3.8, 4) is 0 Å². The molecule has 2 aromatic rings. The lowest BCUT2D eigenvalue weighted by molar-refractivity contribution is 0.144. The van der Waals surface area contributed by atoms with E-state index in [0.29, 0.717) is 6.04 Å². The number of aryl methyl sites for hydroxylation is 2. The summed E-state index contributed by atoms with van der Waals surface area (Å²) in [5.41, 5.74) is 1.05. The highest BCUT2D eigenvalue weighted by atomic mass is 35.5. The van der Waals surface area contributed by atoms with E-state index in [-0.39, 0.29) is 24.0 Å². The molecule has 5 nitrogen and oxygen atoms in total. The number of likely N-dealkylation sites (tertiary alicyclic amines) is 1. The maximum Gasteiger partial charge on any atom is 0.259 e. The SMILES string of the molecule is CNC1CCCN(C(C)c2nc3sc(C)c(C)c3c(=O)[nH]2)C1.Cl. The Morgan fingerprint density at radius 1 is 1.43 bits per heavy atom. The van der Waals surface area contributed by atoms with Crippen LogP contribution in [0.4, 0.5) is 0 Å². The Bertz CT molecular complexity index is 741. The monoisotopic (exact) mass is 356 g/mol. The number of hydrogen-bond acceptors (Lipinski definition) is 5. The average Bonchev–Trinajstić information content (AvgIpc) is 2.81. The molecule has 7 heteroatoms. The van der Waals surface area contributed by atoms with Crippen LogP contribution in [0.25, 0.3) is 10.2 Å². The van der Waals surface area contributed by atoms with Crippen LogP contribution in [0.3, 0.4) is 0 Å². The molecule has 2 atom stereocenters. The summed E-state index contributed by atoms with van der Waals surface area (Å²) in [4.78, 5) is 24.6. The zero-order chi connectivity index (χ0) is 15.9. The van der Waals surface area contributed by atoms with Crippen molar-refractivity contribution in [3.05, 3.63) is 26.6 Å². The van der Waals surface area contributed by atoms with Crippen molar-refractivity contribution in [1.29, 1.82) is 0 Å².